The first-order chi connectivity index (χ1) is 9.38. The Bertz CT molecular complexity index is 569. The quantitative estimate of drug-likeness (QED) is 0.848. The van der Waals surface area contributed by atoms with E-state index in [1.54, 1.807) is 18.2 Å². The minimum Gasteiger partial charge on any atom is -0.310 e. The van der Waals surface area contributed by atoms with Gasteiger partial charge in [-0.3, -0.25) is 0 Å². The van der Waals surface area contributed by atoms with Gasteiger partial charge in [-0.1, -0.05) is 31.9 Å². The molecule has 0 saturated heterocycles. The molecular formula is C14H21ClN2O2S. The summed E-state index contributed by atoms with van der Waals surface area (Å²) < 4.78 is 27.3. The third-order valence-corrected chi connectivity index (χ3v) is 5.34. The van der Waals surface area contributed by atoms with E-state index in [1.807, 2.05) is 13.8 Å². The number of hydrogen-bond acceptors (Lipinski definition) is 3. The molecule has 0 aliphatic heterocycles. The fourth-order valence-corrected chi connectivity index (χ4v) is 3.52. The molecule has 20 heavy (non-hydrogen) atoms. The lowest BCUT2D eigenvalue weighted by molar-refractivity contribution is 0.383. The van der Waals surface area contributed by atoms with Crippen LogP contribution < -0.4 is 10.0 Å². The summed E-state index contributed by atoms with van der Waals surface area (Å²) in [6.45, 7) is 4.63. The van der Waals surface area contributed by atoms with Gasteiger partial charge in [-0.25, -0.2) is 13.1 Å². The first kappa shape index (κ1) is 15.8. The number of sulfonamides is 1. The molecule has 1 aliphatic carbocycles. The zero-order chi connectivity index (χ0) is 14.8. The van der Waals surface area contributed by atoms with E-state index < -0.39 is 10.0 Å². The Morgan fingerprint density at radius 1 is 1.35 bits per heavy atom. The van der Waals surface area contributed by atoms with Crippen molar-refractivity contribution in [1.29, 1.82) is 0 Å². The summed E-state index contributed by atoms with van der Waals surface area (Å²) in [5.41, 5.74) is 0.803. The van der Waals surface area contributed by atoms with Crippen LogP contribution in [0, 0.1) is 0 Å². The normalized spacial score (nSPS) is 16.4. The molecule has 1 aromatic carbocycles. The van der Waals surface area contributed by atoms with Crippen LogP contribution in [0.2, 0.25) is 5.02 Å². The molecule has 112 valence electrons. The molecule has 1 fully saturated rings. The van der Waals surface area contributed by atoms with E-state index in [0.717, 1.165) is 24.8 Å². The van der Waals surface area contributed by atoms with Crippen LogP contribution in [0.1, 0.15) is 38.7 Å². The minimum absolute atomic E-state index is 0.0907. The molecule has 4 nitrogen and oxygen atoms in total. The third-order valence-electron chi connectivity index (χ3n) is 3.46. The maximum atomic E-state index is 12.3. The molecule has 0 bridgehead atoms. The Labute approximate surface area is 126 Å². The second-order valence-electron chi connectivity index (χ2n) is 5.54. The van der Waals surface area contributed by atoms with Gasteiger partial charge in [0.1, 0.15) is 0 Å². The van der Waals surface area contributed by atoms with Crippen LogP contribution in [0.3, 0.4) is 0 Å². The maximum absolute atomic E-state index is 12.3. The number of halogens is 1. The summed E-state index contributed by atoms with van der Waals surface area (Å²) in [5, 5.41) is 3.83. The van der Waals surface area contributed by atoms with Gasteiger partial charge < -0.3 is 5.32 Å². The van der Waals surface area contributed by atoms with Crippen molar-refractivity contribution in [1.82, 2.24) is 10.0 Å². The van der Waals surface area contributed by atoms with E-state index in [-0.39, 0.29) is 10.9 Å². The van der Waals surface area contributed by atoms with E-state index in [0.29, 0.717) is 17.6 Å². The Morgan fingerprint density at radius 3 is 2.60 bits per heavy atom. The zero-order valence-electron chi connectivity index (χ0n) is 11.8. The van der Waals surface area contributed by atoms with Crippen LogP contribution in [-0.4, -0.2) is 20.5 Å². The van der Waals surface area contributed by atoms with Crippen molar-refractivity contribution in [2.24, 2.45) is 0 Å². The Morgan fingerprint density at radius 2 is 2.05 bits per heavy atom. The second-order valence-corrected chi connectivity index (χ2v) is 7.66. The third kappa shape index (κ3) is 3.95. The van der Waals surface area contributed by atoms with Crippen molar-refractivity contribution in [2.75, 3.05) is 0 Å². The van der Waals surface area contributed by atoms with Gasteiger partial charge in [-0.05, 0) is 36.6 Å². The predicted molar refractivity (Wildman–Crippen MR) is 81.4 cm³/mol. The molecule has 1 saturated carbocycles. The monoisotopic (exact) mass is 316 g/mol. The summed E-state index contributed by atoms with van der Waals surface area (Å²) in [5.74, 6) is 0. The van der Waals surface area contributed by atoms with Gasteiger partial charge in [0.15, 0.2) is 0 Å². The summed E-state index contributed by atoms with van der Waals surface area (Å²) in [6.07, 6.45) is 2.94. The first-order valence-corrected chi connectivity index (χ1v) is 8.79. The van der Waals surface area contributed by atoms with Crippen LogP contribution in [0.5, 0.6) is 0 Å². The van der Waals surface area contributed by atoms with E-state index in [2.05, 4.69) is 10.0 Å². The van der Waals surface area contributed by atoms with Gasteiger partial charge in [0, 0.05) is 23.7 Å². The number of rotatable bonds is 6. The van der Waals surface area contributed by atoms with Crippen molar-refractivity contribution in [2.45, 2.75) is 56.6 Å². The first-order valence-electron chi connectivity index (χ1n) is 6.92. The molecular weight excluding hydrogens is 296 g/mol. The molecule has 0 aromatic heterocycles. The lowest BCUT2D eigenvalue weighted by Crippen LogP contribution is -2.39. The van der Waals surface area contributed by atoms with Crippen molar-refractivity contribution >= 4 is 21.6 Å². The number of benzene rings is 1. The largest absolute Gasteiger partial charge is 0.310 e. The molecule has 0 unspecified atom stereocenters. The highest BCUT2D eigenvalue weighted by Gasteiger charge is 2.25. The van der Waals surface area contributed by atoms with Crippen LogP contribution in [0.4, 0.5) is 0 Å². The molecule has 0 amide bonds. The summed E-state index contributed by atoms with van der Waals surface area (Å²) in [4.78, 5) is 0.286. The van der Waals surface area contributed by atoms with E-state index in [1.165, 1.54) is 0 Å². The van der Waals surface area contributed by atoms with Crippen LogP contribution >= 0.6 is 11.6 Å². The van der Waals surface area contributed by atoms with Crippen molar-refractivity contribution < 1.29 is 8.42 Å². The highest BCUT2D eigenvalue weighted by molar-refractivity contribution is 7.89. The average Bonchev–Trinajstić information content (AvgIpc) is 2.32. The molecule has 2 N–H and O–H groups in total. The smallest absolute Gasteiger partial charge is 0.240 e. The number of hydrogen-bond donors (Lipinski definition) is 2. The molecule has 2 rings (SSSR count). The fraction of sp³-hybridized carbons (Fsp3) is 0.571. The van der Waals surface area contributed by atoms with Gasteiger partial charge in [-0.2, -0.15) is 0 Å². The standard InChI is InChI=1S/C14H21ClN2O2S/c1-10(2)16-9-11-8-13(6-7-14(11)15)20(18,19)17-12-4-3-5-12/h6-8,10,12,16-17H,3-5,9H2,1-2H3. The van der Waals surface area contributed by atoms with Crippen molar-refractivity contribution in [3.8, 4) is 0 Å². The molecule has 0 atom stereocenters. The average molecular weight is 317 g/mol. The maximum Gasteiger partial charge on any atom is 0.240 e. The highest BCUT2D eigenvalue weighted by atomic mass is 35.5. The minimum atomic E-state index is -3.43. The van der Waals surface area contributed by atoms with E-state index >= 15 is 0 Å². The molecule has 6 heteroatoms. The van der Waals surface area contributed by atoms with Gasteiger partial charge in [-0.15, -0.1) is 0 Å². The lowest BCUT2D eigenvalue weighted by atomic mass is 9.94. The van der Waals surface area contributed by atoms with Gasteiger partial charge in [0.05, 0.1) is 4.90 Å². The molecule has 0 spiro atoms. The van der Waals surface area contributed by atoms with E-state index in [9.17, 15) is 8.42 Å². The Kier molecular flexibility index (Phi) is 5.07. The van der Waals surface area contributed by atoms with Crippen molar-refractivity contribution in [3.63, 3.8) is 0 Å². The van der Waals surface area contributed by atoms with Crippen LogP contribution in [0.15, 0.2) is 23.1 Å². The van der Waals surface area contributed by atoms with Gasteiger partial charge >= 0.3 is 0 Å². The molecule has 0 radical (unpaired) electrons. The summed E-state index contributed by atoms with van der Waals surface area (Å²) in [7, 11) is -3.43. The van der Waals surface area contributed by atoms with Crippen molar-refractivity contribution in [3.05, 3.63) is 28.8 Å². The van der Waals surface area contributed by atoms with Crippen LogP contribution in [-0.2, 0) is 16.6 Å². The van der Waals surface area contributed by atoms with E-state index in [4.69, 9.17) is 11.6 Å². The SMILES string of the molecule is CC(C)NCc1cc(S(=O)(=O)NC2CCC2)ccc1Cl. The summed E-state index contributed by atoms with van der Waals surface area (Å²) in [6, 6.07) is 5.27. The predicted octanol–water partition coefficient (Wildman–Crippen LogP) is 2.67. The molecule has 1 aromatic rings. The summed E-state index contributed by atoms with van der Waals surface area (Å²) >= 11 is 6.12. The molecule has 0 heterocycles. The van der Waals surface area contributed by atoms with Gasteiger partial charge in [0.2, 0.25) is 10.0 Å². The van der Waals surface area contributed by atoms with Gasteiger partial charge in [0.25, 0.3) is 0 Å². The lowest BCUT2D eigenvalue weighted by Gasteiger charge is -2.26. The topological polar surface area (TPSA) is 58.2 Å². The Hall–Kier alpha value is -0.620. The fourth-order valence-electron chi connectivity index (χ4n) is 1.98. The molecule has 1 aliphatic rings. The number of nitrogens with one attached hydrogen (secondary N) is 2. The second kappa shape index (κ2) is 6.43. The Balaban J connectivity index is 2.16. The zero-order valence-corrected chi connectivity index (χ0v) is 13.4. The highest BCUT2D eigenvalue weighted by Crippen LogP contribution is 2.24. The van der Waals surface area contributed by atoms with Crippen LogP contribution in [0.25, 0.3) is 0 Å².